The maximum atomic E-state index is 5.96. The number of rotatable bonds is 5. The molecule has 19 heavy (non-hydrogen) atoms. The van der Waals surface area contributed by atoms with Gasteiger partial charge in [-0.05, 0) is 50.9 Å². The van der Waals surface area contributed by atoms with Crippen LogP contribution in [0.5, 0.6) is 0 Å². The Morgan fingerprint density at radius 3 is 2.53 bits per heavy atom. The summed E-state index contributed by atoms with van der Waals surface area (Å²) < 4.78 is 11.3. The molecule has 2 rings (SSSR count). The summed E-state index contributed by atoms with van der Waals surface area (Å²) in [4.78, 5) is 0. The quantitative estimate of drug-likeness (QED) is 0.886. The monoisotopic (exact) mass is 263 g/mol. The van der Waals surface area contributed by atoms with Gasteiger partial charge in [0.15, 0.2) is 0 Å². The summed E-state index contributed by atoms with van der Waals surface area (Å²) in [5.41, 5.74) is 5.36. The number of hydrogen-bond donors (Lipinski definition) is 1. The Morgan fingerprint density at radius 1 is 1.32 bits per heavy atom. The number of aryl methyl sites for hydroxylation is 3. The van der Waals surface area contributed by atoms with Gasteiger partial charge in [0.2, 0.25) is 0 Å². The van der Waals surface area contributed by atoms with Crippen LogP contribution in [0.25, 0.3) is 0 Å². The summed E-state index contributed by atoms with van der Waals surface area (Å²) in [5, 5.41) is 3.38. The zero-order valence-corrected chi connectivity index (χ0v) is 12.5. The van der Waals surface area contributed by atoms with Crippen molar-refractivity contribution in [1.29, 1.82) is 0 Å². The van der Waals surface area contributed by atoms with Gasteiger partial charge in [0.25, 0.3) is 0 Å². The first-order valence-electron chi connectivity index (χ1n) is 7.06. The summed E-state index contributed by atoms with van der Waals surface area (Å²) >= 11 is 0. The van der Waals surface area contributed by atoms with Crippen LogP contribution >= 0.6 is 0 Å². The van der Waals surface area contributed by atoms with E-state index in [0.717, 1.165) is 19.6 Å². The molecule has 3 nitrogen and oxygen atoms in total. The van der Waals surface area contributed by atoms with Crippen LogP contribution in [0.4, 0.5) is 0 Å². The molecule has 0 bridgehead atoms. The lowest BCUT2D eigenvalue weighted by Crippen LogP contribution is -2.26. The lowest BCUT2D eigenvalue weighted by atomic mass is 9.94. The Labute approximate surface area is 116 Å². The van der Waals surface area contributed by atoms with E-state index in [9.17, 15) is 0 Å². The van der Waals surface area contributed by atoms with E-state index in [1.165, 1.54) is 22.3 Å². The van der Waals surface area contributed by atoms with Crippen molar-refractivity contribution >= 4 is 0 Å². The number of benzene rings is 1. The normalized spacial score (nSPS) is 20.7. The average Bonchev–Trinajstić information content (AvgIpc) is 2.85. The topological polar surface area (TPSA) is 30.5 Å². The molecule has 1 heterocycles. The van der Waals surface area contributed by atoms with Crippen molar-refractivity contribution in [3.05, 3.63) is 34.4 Å². The van der Waals surface area contributed by atoms with Crippen LogP contribution in [0.15, 0.2) is 12.1 Å². The van der Waals surface area contributed by atoms with Crippen LogP contribution in [-0.2, 0) is 9.47 Å². The van der Waals surface area contributed by atoms with E-state index >= 15 is 0 Å². The van der Waals surface area contributed by atoms with E-state index in [2.05, 4.69) is 38.2 Å². The first kappa shape index (κ1) is 14.5. The number of hydrogen-bond acceptors (Lipinski definition) is 3. The molecule has 1 aliphatic heterocycles. The molecule has 1 saturated heterocycles. The first-order valence-corrected chi connectivity index (χ1v) is 7.06. The molecule has 0 amide bonds. The SMILES string of the molecule is CNC(COC1CCOC1)c1c(C)cc(C)cc1C. The smallest absolute Gasteiger partial charge is 0.0831 e. The van der Waals surface area contributed by atoms with Crippen LogP contribution in [-0.4, -0.2) is 33.0 Å². The fraction of sp³-hybridized carbons (Fsp3) is 0.625. The molecular formula is C16H25NO2. The molecule has 2 atom stereocenters. The summed E-state index contributed by atoms with van der Waals surface area (Å²) in [6, 6.07) is 4.73. The summed E-state index contributed by atoms with van der Waals surface area (Å²) in [5.74, 6) is 0. The van der Waals surface area contributed by atoms with Crippen LogP contribution in [0, 0.1) is 20.8 Å². The molecule has 3 heteroatoms. The minimum Gasteiger partial charge on any atom is -0.379 e. The predicted octanol–water partition coefficient (Wildman–Crippen LogP) is 2.68. The molecule has 0 spiro atoms. The van der Waals surface area contributed by atoms with Crippen molar-refractivity contribution in [2.45, 2.75) is 39.3 Å². The Morgan fingerprint density at radius 2 is 2.00 bits per heavy atom. The lowest BCUT2D eigenvalue weighted by molar-refractivity contribution is 0.0306. The second kappa shape index (κ2) is 6.51. The van der Waals surface area contributed by atoms with E-state index in [0.29, 0.717) is 6.61 Å². The average molecular weight is 263 g/mol. The number of nitrogens with one attached hydrogen (secondary N) is 1. The zero-order chi connectivity index (χ0) is 13.8. The van der Waals surface area contributed by atoms with Gasteiger partial charge in [0.1, 0.15) is 0 Å². The van der Waals surface area contributed by atoms with Gasteiger partial charge in [-0.25, -0.2) is 0 Å². The van der Waals surface area contributed by atoms with Crippen LogP contribution in [0.2, 0.25) is 0 Å². The maximum absolute atomic E-state index is 5.96. The fourth-order valence-corrected chi connectivity index (χ4v) is 2.93. The van der Waals surface area contributed by atoms with E-state index in [4.69, 9.17) is 9.47 Å². The molecule has 106 valence electrons. The van der Waals surface area contributed by atoms with E-state index < -0.39 is 0 Å². The van der Waals surface area contributed by atoms with Crippen LogP contribution in [0.3, 0.4) is 0 Å². The molecule has 2 unspecified atom stereocenters. The lowest BCUT2D eigenvalue weighted by Gasteiger charge is -2.23. The van der Waals surface area contributed by atoms with Crippen molar-refractivity contribution < 1.29 is 9.47 Å². The standard InChI is InChI=1S/C16H25NO2/c1-11-7-12(2)16(13(3)8-11)15(17-4)10-19-14-5-6-18-9-14/h7-8,14-15,17H,5-6,9-10H2,1-4H3. The fourth-order valence-electron chi connectivity index (χ4n) is 2.93. The van der Waals surface area contributed by atoms with Crippen molar-refractivity contribution in [1.82, 2.24) is 5.32 Å². The Bertz CT molecular complexity index is 402. The minimum absolute atomic E-state index is 0.251. The van der Waals surface area contributed by atoms with Crippen molar-refractivity contribution in [2.24, 2.45) is 0 Å². The second-order valence-electron chi connectivity index (χ2n) is 5.47. The van der Waals surface area contributed by atoms with Gasteiger partial charge in [-0.2, -0.15) is 0 Å². The van der Waals surface area contributed by atoms with E-state index in [-0.39, 0.29) is 12.1 Å². The third-order valence-corrected chi connectivity index (χ3v) is 3.82. The molecule has 0 saturated carbocycles. The summed E-state index contributed by atoms with van der Waals surface area (Å²) in [7, 11) is 2.00. The van der Waals surface area contributed by atoms with Gasteiger partial charge in [-0.1, -0.05) is 17.7 Å². The zero-order valence-electron chi connectivity index (χ0n) is 12.5. The van der Waals surface area contributed by atoms with Gasteiger partial charge in [-0.3, -0.25) is 0 Å². The molecule has 0 radical (unpaired) electrons. The van der Waals surface area contributed by atoms with Crippen LogP contribution in [0.1, 0.15) is 34.7 Å². The predicted molar refractivity (Wildman–Crippen MR) is 77.6 cm³/mol. The Balaban J connectivity index is 2.08. The maximum Gasteiger partial charge on any atom is 0.0831 e. The molecular weight excluding hydrogens is 238 g/mol. The Kier molecular flexibility index (Phi) is 4.97. The third kappa shape index (κ3) is 3.56. The number of ether oxygens (including phenoxy) is 2. The summed E-state index contributed by atoms with van der Waals surface area (Å²) in [6.45, 7) is 8.77. The third-order valence-electron chi connectivity index (χ3n) is 3.82. The molecule has 1 N–H and O–H groups in total. The molecule has 0 aromatic heterocycles. The van der Waals surface area contributed by atoms with E-state index in [1.807, 2.05) is 7.05 Å². The molecule has 1 aromatic rings. The minimum atomic E-state index is 0.251. The second-order valence-corrected chi connectivity index (χ2v) is 5.47. The van der Waals surface area contributed by atoms with Crippen LogP contribution < -0.4 is 5.32 Å². The van der Waals surface area contributed by atoms with Crippen molar-refractivity contribution in [3.8, 4) is 0 Å². The van der Waals surface area contributed by atoms with Crippen molar-refractivity contribution in [3.63, 3.8) is 0 Å². The largest absolute Gasteiger partial charge is 0.379 e. The van der Waals surface area contributed by atoms with Gasteiger partial charge in [0.05, 0.1) is 25.4 Å². The molecule has 1 aromatic carbocycles. The van der Waals surface area contributed by atoms with Crippen molar-refractivity contribution in [2.75, 3.05) is 26.9 Å². The number of likely N-dealkylation sites (N-methyl/N-ethyl adjacent to an activating group) is 1. The summed E-state index contributed by atoms with van der Waals surface area (Å²) in [6.07, 6.45) is 1.28. The van der Waals surface area contributed by atoms with Gasteiger partial charge < -0.3 is 14.8 Å². The molecule has 1 aliphatic rings. The Hall–Kier alpha value is -0.900. The first-order chi connectivity index (χ1) is 9.11. The highest BCUT2D eigenvalue weighted by Gasteiger charge is 2.20. The highest BCUT2D eigenvalue weighted by atomic mass is 16.5. The van der Waals surface area contributed by atoms with E-state index in [1.54, 1.807) is 0 Å². The highest BCUT2D eigenvalue weighted by molar-refractivity contribution is 5.39. The molecule has 1 fully saturated rings. The van der Waals surface area contributed by atoms with Gasteiger partial charge >= 0.3 is 0 Å². The van der Waals surface area contributed by atoms with Gasteiger partial charge in [0, 0.05) is 6.61 Å². The highest BCUT2D eigenvalue weighted by Crippen LogP contribution is 2.24. The molecule has 0 aliphatic carbocycles. The van der Waals surface area contributed by atoms with Gasteiger partial charge in [-0.15, -0.1) is 0 Å².